The summed E-state index contributed by atoms with van der Waals surface area (Å²) in [6, 6.07) is 33.2. The van der Waals surface area contributed by atoms with Crippen molar-refractivity contribution < 1.29 is 49.0 Å². The predicted molar refractivity (Wildman–Crippen MR) is 193 cm³/mol. The summed E-state index contributed by atoms with van der Waals surface area (Å²) >= 11 is 13.3. The van der Waals surface area contributed by atoms with E-state index in [1.54, 1.807) is 0 Å². The maximum Gasteiger partial charge on any atom is -1.00 e. The Morgan fingerprint density at radius 3 is 1.85 bits per heavy atom. The summed E-state index contributed by atoms with van der Waals surface area (Å²) in [4.78, 5) is 0. The minimum absolute atomic E-state index is 0. The van der Waals surface area contributed by atoms with Gasteiger partial charge >= 0.3 is 120 Å². The molecule has 0 unspecified atom stereocenters. The molecule has 246 valence electrons. The van der Waals surface area contributed by atoms with E-state index in [1.807, 2.05) is 36.4 Å². The van der Waals surface area contributed by atoms with E-state index in [9.17, 15) is 0 Å². The minimum atomic E-state index is 0. The van der Waals surface area contributed by atoms with Gasteiger partial charge in [-0.05, 0) is 37.0 Å². The van der Waals surface area contributed by atoms with Gasteiger partial charge in [0.05, 0.1) is 0 Å². The molecule has 0 nitrogen and oxygen atoms in total. The summed E-state index contributed by atoms with van der Waals surface area (Å²) in [6.45, 7) is 17.7. The van der Waals surface area contributed by atoms with Crippen LogP contribution in [0.25, 0.3) is 11.1 Å². The second-order valence-electron chi connectivity index (χ2n) is 13.1. The summed E-state index contributed by atoms with van der Waals surface area (Å²) in [7, 11) is 0. The van der Waals surface area contributed by atoms with E-state index >= 15 is 0 Å². The molecule has 0 saturated carbocycles. The molecule has 0 atom stereocenters. The van der Waals surface area contributed by atoms with Crippen LogP contribution < -0.4 is 24.8 Å². The van der Waals surface area contributed by atoms with Crippen LogP contribution in [0.5, 0.6) is 0 Å². The van der Waals surface area contributed by atoms with E-state index in [0.717, 1.165) is 27.6 Å². The zero-order chi connectivity index (χ0) is 32.9. The van der Waals surface area contributed by atoms with Crippen LogP contribution in [0.1, 0.15) is 89.8 Å². The summed E-state index contributed by atoms with van der Waals surface area (Å²) in [5, 5.41) is 1.53. The molecule has 47 heavy (non-hydrogen) atoms. The Kier molecular flexibility index (Phi) is 16.0. The topological polar surface area (TPSA) is 0 Å². The van der Waals surface area contributed by atoms with Crippen LogP contribution in [-0.4, -0.2) is 3.21 Å². The van der Waals surface area contributed by atoms with E-state index in [0.29, 0.717) is 5.41 Å². The molecule has 0 aliphatic heterocycles. The van der Waals surface area contributed by atoms with Crippen LogP contribution >= 0.6 is 23.2 Å². The summed E-state index contributed by atoms with van der Waals surface area (Å²) < 4.78 is 1.26. The van der Waals surface area contributed by atoms with Gasteiger partial charge in [-0.15, -0.1) is 11.1 Å². The summed E-state index contributed by atoms with van der Waals surface area (Å²) in [5.74, 6) is 0. The van der Waals surface area contributed by atoms with E-state index in [4.69, 9.17) is 23.2 Å². The molecule has 5 heteroatoms. The first-order valence-electron chi connectivity index (χ1n) is 15.8. The van der Waals surface area contributed by atoms with Crippen molar-refractivity contribution in [2.45, 2.75) is 80.1 Å². The van der Waals surface area contributed by atoms with Crippen molar-refractivity contribution in [2.75, 3.05) is 0 Å². The van der Waals surface area contributed by atoms with Crippen molar-refractivity contribution in [1.82, 2.24) is 0 Å². The van der Waals surface area contributed by atoms with Gasteiger partial charge in [0.2, 0.25) is 0 Å². The van der Waals surface area contributed by atoms with Gasteiger partial charge in [-0.2, -0.15) is 46.5 Å². The van der Waals surface area contributed by atoms with Crippen molar-refractivity contribution in [3.8, 4) is 11.1 Å². The average Bonchev–Trinajstić information content (AvgIpc) is 3.59. The molecule has 5 aromatic carbocycles. The van der Waals surface area contributed by atoms with Gasteiger partial charge in [0, 0.05) is 0 Å². The van der Waals surface area contributed by atoms with Gasteiger partial charge in [0.25, 0.3) is 0 Å². The van der Waals surface area contributed by atoms with Gasteiger partial charge < -0.3 is 24.8 Å². The van der Waals surface area contributed by atoms with Crippen molar-refractivity contribution in [2.24, 2.45) is 0 Å². The smallest absolute Gasteiger partial charge is 1.00 e. The van der Waals surface area contributed by atoms with Crippen LogP contribution in [0.4, 0.5) is 0 Å². The molecule has 1 aliphatic rings. The first-order chi connectivity index (χ1) is 21.3. The van der Waals surface area contributed by atoms with Crippen molar-refractivity contribution >= 4 is 26.4 Å². The molecule has 0 aromatic heterocycles. The Balaban J connectivity index is 0.000000244. The molecule has 5 aromatic rings. The number of hydrogen-bond donors (Lipinski definition) is 0. The normalized spacial score (nSPS) is 11.1. The first kappa shape index (κ1) is 41.3. The van der Waals surface area contributed by atoms with Crippen molar-refractivity contribution in [3.05, 3.63) is 157 Å². The molecule has 0 N–H and O–H groups in total. The molecule has 0 amide bonds. The van der Waals surface area contributed by atoms with Crippen LogP contribution in [-0.2, 0) is 42.5 Å². The molecule has 1 aliphatic carbocycles. The number of halogens is 4. The third-order valence-corrected chi connectivity index (χ3v) is 10.3. The van der Waals surface area contributed by atoms with E-state index in [2.05, 4.69) is 110 Å². The first-order valence-corrected chi connectivity index (χ1v) is 17.7. The molecule has 6 rings (SSSR count). The van der Waals surface area contributed by atoms with Crippen molar-refractivity contribution in [1.29, 1.82) is 0 Å². The molecular formula is C42H44Cl4Zr-2. The third-order valence-electron chi connectivity index (χ3n) is 8.44. The van der Waals surface area contributed by atoms with E-state index < -0.39 is 0 Å². The number of benzene rings is 4. The second kappa shape index (κ2) is 18.2. The van der Waals surface area contributed by atoms with Crippen LogP contribution in [0, 0.1) is 33.8 Å². The largest absolute Gasteiger partial charge is 1.00 e. The Morgan fingerprint density at radius 2 is 1.34 bits per heavy atom. The summed E-state index contributed by atoms with van der Waals surface area (Å²) in [5.41, 5.74) is 16.6. The monoisotopic (exact) mass is 778 g/mol. The van der Waals surface area contributed by atoms with Gasteiger partial charge in [0.15, 0.2) is 0 Å². The zero-order valence-corrected chi connectivity index (χ0v) is 34.2. The number of fused-ring (bicyclic) bond motifs is 3. The van der Waals surface area contributed by atoms with Crippen LogP contribution in [0.2, 0.25) is 10.0 Å². The van der Waals surface area contributed by atoms with E-state index in [1.165, 1.54) is 95.9 Å². The predicted octanol–water partition coefficient (Wildman–Crippen LogP) is 6.06. The van der Waals surface area contributed by atoms with Crippen LogP contribution in [0.3, 0.4) is 0 Å². The molecule has 0 saturated heterocycles. The number of aryl methyl sites for hydroxylation is 5. The quantitative estimate of drug-likeness (QED) is 0.191. The SMILES string of the molecule is CCCc1cc(C(C)(C)C)c[cH-]1.Cc1[c-]c2c(cc1C)-c1cc(C)c(C)cc1C2.Clc1cccc([C](=[Zr+2])c2cccc(Cl)c2)c1.[Cl-].[Cl-]. The average molecular weight is 782 g/mol. The maximum absolute atomic E-state index is 5.98. The summed E-state index contributed by atoms with van der Waals surface area (Å²) in [6.07, 6.45) is 3.51. The fraction of sp³-hybridized carbons (Fsp3) is 0.286. The molecule has 0 spiro atoms. The maximum atomic E-state index is 5.98. The minimum Gasteiger partial charge on any atom is -1.00 e. The molecular weight excluding hydrogens is 737 g/mol. The molecule has 0 fully saturated rings. The van der Waals surface area contributed by atoms with Gasteiger partial charge in [0.1, 0.15) is 0 Å². The molecule has 0 heterocycles. The third kappa shape index (κ3) is 11.1. The number of hydrogen-bond acceptors (Lipinski definition) is 0. The second-order valence-corrected chi connectivity index (χ2v) is 15.2. The fourth-order valence-electron chi connectivity index (χ4n) is 5.51. The Hall–Kier alpha value is -1.86. The number of rotatable bonds is 4. The van der Waals surface area contributed by atoms with Gasteiger partial charge in [-0.1, -0.05) is 77.5 Å². The Labute approximate surface area is 320 Å². The zero-order valence-electron chi connectivity index (χ0n) is 28.7. The fourth-order valence-corrected chi connectivity index (χ4v) is 6.65. The Bertz CT molecular complexity index is 1700. The van der Waals surface area contributed by atoms with Gasteiger partial charge in [-0.3, -0.25) is 0 Å². The van der Waals surface area contributed by atoms with E-state index in [-0.39, 0.29) is 24.8 Å². The molecule has 0 radical (unpaired) electrons. The van der Waals surface area contributed by atoms with Crippen LogP contribution in [0.15, 0.2) is 84.9 Å². The van der Waals surface area contributed by atoms with Gasteiger partial charge in [-0.25, -0.2) is 6.07 Å². The van der Waals surface area contributed by atoms with Crippen molar-refractivity contribution in [3.63, 3.8) is 0 Å². The molecule has 0 bridgehead atoms. The Morgan fingerprint density at radius 1 is 0.787 bits per heavy atom. The standard InChI is InChI=1S/C17H17.C13H8Cl2.C12H19.2ClH.Zr/c1-10-5-14-9-15-6-11(2)13(4)8-17(15)16(14)7-12(10)3;14-12-5-1-3-10(8-12)7-11-4-2-6-13(15)9-11;1-5-6-10-7-8-11(9-10)12(2,3)4;;;/h5,7-8H,9H2,1-4H3;1-6,8-9H;7-9H,5-6H2,1-4H3;2*1H;/q-1;;-1;;;+2/p-2.